The summed E-state index contributed by atoms with van der Waals surface area (Å²) in [5.74, 6) is 0.414. The molecule has 0 saturated heterocycles. The average molecular weight is 319 g/mol. The van der Waals surface area contributed by atoms with E-state index in [0.717, 1.165) is 17.9 Å². The van der Waals surface area contributed by atoms with Gasteiger partial charge in [-0.25, -0.2) is 9.38 Å². The smallest absolute Gasteiger partial charge is 0.182 e. The summed E-state index contributed by atoms with van der Waals surface area (Å²) in [6.07, 6.45) is 1.04. The van der Waals surface area contributed by atoms with Crippen molar-refractivity contribution in [3.63, 3.8) is 0 Å². The lowest BCUT2D eigenvalue weighted by molar-refractivity contribution is 0.630. The van der Waals surface area contributed by atoms with Gasteiger partial charge in [-0.3, -0.25) is 5.43 Å². The van der Waals surface area contributed by atoms with Crippen molar-refractivity contribution >= 4 is 39.7 Å². The molecule has 0 atom stereocenters. The zero-order valence-corrected chi connectivity index (χ0v) is 13.1. The van der Waals surface area contributed by atoms with E-state index >= 15 is 0 Å². The Kier molecular flexibility index (Phi) is 4.36. The highest BCUT2D eigenvalue weighted by molar-refractivity contribution is 8.14. The maximum atomic E-state index is 13.5. The number of thiophene rings is 1. The standard InChI is InChI=1S/C15H14FN3S2/c1-2-10-7-8-14(21-10)13-9-20-15(19-18-13)17-12-6-4-3-5-11(12)16/h3-8H,2,9H2,1H3,(H,17,19). The highest BCUT2D eigenvalue weighted by Gasteiger charge is 2.15. The lowest BCUT2D eigenvalue weighted by atomic mass is 10.3. The maximum Gasteiger partial charge on any atom is 0.182 e. The monoisotopic (exact) mass is 319 g/mol. The number of para-hydroxylation sites is 1. The molecule has 0 aliphatic carbocycles. The fourth-order valence-corrected chi connectivity index (χ4v) is 3.67. The van der Waals surface area contributed by atoms with Gasteiger partial charge in [-0.15, -0.1) is 11.3 Å². The van der Waals surface area contributed by atoms with Gasteiger partial charge in [-0.2, -0.15) is 5.10 Å². The van der Waals surface area contributed by atoms with Crippen LogP contribution in [0.25, 0.3) is 0 Å². The molecule has 1 aromatic carbocycles. The Morgan fingerprint density at radius 3 is 2.81 bits per heavy atom. The topological polar surface area (TPSA) is 36.8 Å². The van der Waals surface area contributed by atoms with E-state index in [9.17, 15) is 4.39 Å². The third-order valence-electron chi connectivity index (χ3n) is 3.00. The molecule has 21 heavy (non-hydrogen) atoms. The molecular weight excluding hydrogens is 305 g/mol. The molecule has 0 unspecified atom stereocenters. The first-order valence-electron chi connectivity index (χ1n) is 6.64. The molecule has 0 bridgehead atoms. The van der Waals surface area contributed by atoms with Crippen LogP contribution in [0.3, 0.4) is 0 Å². The van der Waals surface area contributed by atoms with E-state index in [-0.39, 0.29) is 5.82 Å². The lowest BCUT2D eigenvalue weighted by Gasteiger charge is -2.13. The van der Waals surface area contributed by atoms with E-state index in [0.29, 0.717) is 10.9 Å². The molecule has 0 fully saturated rings. The predicted molar refractivity (Wildman–Crippen MR) is 89.3 cm³/mol. The molecule has 1 aromatic heterocycles. The van der Waals surface area contributed by atoms with Crippen molar-refractivity contribution < 1.29 is 4.39 Å². The average Bonchev–Trinajstić information content (AvgIpc) is 2.99. The van der Waals surface area contributed by atoms with E-state index in [1.165, 1.54) is 27.6 Å². The molecule has 1 aliphatic heterocycles. The first-order valence-corrected chi connectivity index (χ1v) is 8.44. The van der Waals surface area contributed by atoms with Gasteiger partial charge in [-0.05, 0) is 30.7 Å². The first-order chi connectivity index (χ1) is 10.3. The summed E-state index contributed by atoms with van der Waals surface area (Å²) in [5, 5.41) is 4.98. The molecule has 108 valence electrons. The molecular formula is C15H14FN3S2. The van der Waals surface area contributed by atoms with Crippen LogP contribution in [0.2, 0.25) is 0 Å². The number of rotatable bonds is 3. The Bertz CT molecular complexity index is 706. The van der Waals surface area contributed by atoms with Crippen LogP contribution < -0.4 is 5.43 Å². The molecule has 1 N–H and O–H groups in total. The highest BCUT2D eigenvalue weighted by atomic mass is 32.2. The van der Waals surface area contributed by atoms with Gasteiger partial charge >= 0.3 is 0 Å². The first kappa shape index (κ1) is 14.3. The Hall–Kier alpha value is -1.66. The molecule has 2 heterocycles. The molecule has 6 heteroatoms. The van der Waals surface area contributed by atoms with Gasteiger partial charge in [0.05, 0.1) is 10.6 Å². The number of halogens is 1. The van der Waals surface area contributed by atoms with Crippen molar-refractivity contribution in [3.8, 4) is 0 Å². The van der Waals surface area contributed by atoms with Crippen LogP contribution >= 0.6 is 23.1 Å². The van der Waals surface area contributed by atoms with E-state index in [4.69, 9.17) is 0 Å². The van der Waals surface area contributed by atoms with Gasteiger partial charge in [0, 0.05) is 10.6 Å². The minimum Gasteiger partial charge on any atom is -0.255 e. The van der Waals surface area contributed by atoms with Crippen molar-refractivity contribution in [2.45, 2.75) is 13.3 Å². The largest absolute Gasteiger partial charge is 0.255 e. The number of hydrogen-bond acceptors (Lipinski definition) is 4. The summed E-state index contributed by atoms with van der Waals surface area (Å²) >= 11 is 3.30. The van der Waals surface area contributed by atoms with Gasteiger partial charge in [-0.1, -0.05) is 30.8 Å². The molecule has 0 spiro atoms. The van der Waals surface area contributed by atoms with E-state index in [1.807, 2.05) is 0 Å². The lowest BCUT2D eigenvalue weighted by Crippen LogP contribution is -2.24. The Balaban J connectivity index is 1.76. The number of aliphatic imine (C=N–C) groups is 1. The van der Waals surface area contributed by atoms with Gasteiger partial charge in [0.25, 0.3) is 0 Å². The maximum absolute atomic E-state index is 13.5. The minimum atomic E-state index is -0.326. The molecule has 3 nitrogen and oxygen atoms in total. The quantitative estimate of drug-likeness (QED) is 0.921. The normalized spacial score (nSPS) is 16.7. The predicted octanol–water partition coefficient (Wildman–Crippen LogP) is 4.18. The fraction of sp³-hybridized carbons (Fsp3) is 0.200. The van der Waals surface area contributed by atoms with E-state index in [1.54, 1.807) is 29.5 Å². The Morgan fingerprint density at radius 2 is 2.14 bits per heavy atom. The fourth-order valence-electron chi connectivity index (χ4n) is 1.87. The van der Waals surface area contributed by atoms with Crippen LogP contribution in [0.5, 0.6) is 0 Å². The van der Waals surface area contributed by atoms with Crippen LogP contribution in [-0.4, -0.2) is 16.6 Å². The van der Waals surface area contributed by atoms with Crippen molar-refractivity contribution in [1.29, 1.82) is 0 Å². The number of hydrazone groups is 1. The second-order valence-corrected chi connectivity index (χ2v) is 6.58. The zero-order valence-electron chi connectivity index (χ0n) is 11.5. The zero-order chi connectivity index (χ0) is 14.7. The van der Waals surface area contributed by atoms with Crippen LogP contribution in [-0.2, 0) is 6.42 Å². The summed E-state index contributed by atoms with van der Waals surface area (Å²) < 4.78 is 13.5. The highest BCUT2D eigenvalue weighted by Crippen LogP contribution is 2.23. The van der Waals surface area contributed by atoms with Crippen LogP contribution in [0, 0.1) is 5.82 Å². The third kappa shape index (κ3) is 3.33. The Labute approximate surface area is 131 Å². The number of nitrogens with one attached hydrogen (secondary N) is 1. The van der Waals surface area contributed by atoms with Crippen LogP contribution in [0.4, 0.5) is 10.1 Å². The second kappa shape index (κ2) is 6.41. The summed E-state index contributed by atoms with van der Waals surface area (Å²) in [6.45, 7) is 2.14. The number of thioether (sulfide) groups is 1. The molecule has 0 radical (unpaired) electrons. The number of benzene rings is 1. The van der Waals surface area contributed by atoms with Gasteiger partial charge < -0.3 is 0 Å². The van der Waals surface area contributed by atoms with Gasteiger partial charge in [0.2, 0.25) is 0 Å². The van der Waals surface area contributed by atoms with Crippen molar-refractivity contribution in [1.82, 2.24) is 5.43 Å². The molecule has 0 amide bonds. The summed E-state index contributed by atoms with van der Waals surface area (Å²) in [6, 6.07) is 10.7. The summed E-state index contributed by atoms with van der Waals surface area (Å²) in [5.41, 5.74) is 4.25. The van der Waals surface area contributed by atoms with Crippen molar-refractivity contribution in [2.24, 2.45) is 10.1 Å². The third-order valence-corrected chi connectivity index (χ3v) is 5.15. The van der Waals surface area contributed by atoms with Crippen molar-refractivity contribution in [3.05, 3.63) is 52.0 Å². The van der Waals surface area contributed by atoms with E-state index in [2.05, 4.69) is 34.6 Å². The Morgan fingerprint density at radius 1 is 1.29 bits per heavy atom. The van der Waals surface area contributed by atoms with Gasteiger partial charge in [0.1, 0.15) is 11.5 Å². The van der Waals surface area contributed by atoms with Crippen LogP contribution in [0.15, 0.2) is 46.5 Å². The van der Waals surface area contributed by atoms with E-state index < -0.39 is 0 Å². The number of amidine groups is 1. The summed E-state index contributed by atoms with van der Waals surface area (Å²) in [7, 11) is 0. The van der Waals surface area contributed by atoms with Crippen LogP contribution in [0.1, 0.15) is 16.7 Å². The molecule has 1 aliphatic rings. The summed E-state index contributed by atoms with van der Waals surface area (Å²) in [4.78, 5) is 6.78. The SMILES string of the molecule is CCc1ccc(C2=NNC(=Nc3ccccc3F)SC2)s1. The number of hydrogen-bond donors (Lipinski definition) is 1. The molecule has 0 saturated carbocycles. The number of aryl methyl sites for hydroxylation is 1. The molecule has 2 aromatic rings. The molecule has 3 rings (SSSR count). The number of nitrogens with zero attached hydrogens (tertiary/aromatic N) is 2. The minimum absolute atomic E-state index is 0.326. The second-order valence-electron chi connectivity index (χ2n) is 4.45. The van der Waals surface area contributed by atoms with Gasteiger partial charge in [0.15, 0.2) is 5.17 Å². The van der Waals surface area contributed by atoms with Crippen molar-refractivity contribution in [2.75, 3.05) is 5.75 Å².